The predicted molar refractivity (Wildman–Crippen MR) is 118 cm³/mol. The fraction of sp³-hybridized carbons (Fsp3) is 0.565. The van der Waals surface area contributed by atoms with Crippen LogP contribution >= 0.6 is 0 Å². The van der Waals surface area contributed by atoms with Crippen molar-refractivity contribution in [3.05, 3.63) is 35.9 Å². The highest BCUT2D eigenvalue weighted by atomic mass is 16.6. The molecule has 0 saturated heterocycles. The van der Waals surface area contributed by atoms with E-state index in [0.717, 1.165) is 0 Å². The van der Waals surface area contributed by atoms with Crippen LogP contribution in [-0.4, -0.2) is 48.3 Å². The molecule has 0 saturated carbocycles. The zero-order valence-electron chi connectivity index (χ0n) is 20.0. The van der Waals surface area contributed by atoms with Crippen molar-refractivity contribution in [3.63, 3.8) is 0 Å². The summed E-state index contributed by atoms with van der Waals surface area (Å²) in [4.78, 5) is 50.4. The van der Waals surface area contributed by atoms with E-state index in [-0.39, 0.29) is 0 Å². The molecule has 0 spiro atoms. The van der Waals surface area contributed by atoms with Gasteiger partial charge in [-0.2, -0.15) is 0 Å². The van der Waals surface area contributed by atoms with E-state index in [1.54, 1.807) is 71.9 Å². The number of alkyl carbamates (subject to hydrolysis) is 1. The van der Waals surface area contributed by atoms with Gasteiger partial charge >= 0.3 is 18.0 Å². The fourth-order valence-electron chi connectivity index (χ4n) is 2.76. The van der Waals surface area contributed by atoms with Crippen molar-refractivity contribution in [2.24, 2.45) is 0 Å². The molecule has 0 aliphatic heterocycles. The highest BCUT2D eigenvalue weighted by molar-refractivity contribution is 5.94. The molecule has 0 radical (unpaired) electrons. The van der Waals surface area contributed by atoms with Crippen LogP contribution in [-0.2, 0) is 34.1 Å². The summed E-state index contributed by atoms with van der Waals surface area (Å²) >= 11 is 0. The highest BCUT2D eigenvalue weighted by Crippen LogP contribution is 2.23. The summed E-state index contributed by atoms with van der Waals surface area (Å²) in [6.07, 6.45) is -1.35. The smallest absolute Gasteiger partial charge is 0.408 e. The number of methoxy groups -OCH3 is 1. The van der Waals surface area contributed by atoms with E-state index in [0.29, 0.717) is 5.56 Å². The molecule has 1 aromatic rings. The Labute approximate surface area is 189 Å². The third-order valence-corrected chi connectivity index (χ3v) is 4.12. The van der Waals surface area contributed by atoms with Gasteiger partial charge in [0.1, 0.15) is 17.2 Å². The van der Waals surface area contributed by atoms with Gasteiger partial charge in [0.15, 0.2) is 5.54 Å². The standard InChI is InChI=1S/C23H34N2O7/c1-21(2,3)31-17(26)14-16(24-20(29)32-22(4,5)6)18(27)25-23(7,19(28)30-8)15-12-10-9-11-13-15/h9-13,16H,14H2,1-8H3,(H,24,29)(H,25,27)/t16-,23+/m0/s1. The molecule has 1 aromatic carbocycles. The number of hydrogen-bond donors (Lipinski definition) is 2. The van der Waals surface area contributed by atoms with Gasteiger partial charge in [-0.05, 0) is 54.0 Å². The maximum absolute atomic E-state index is 13.2. The van der Waals surface area contributed by atoms with Crippen molar-refractivity contribution in [3.8, 4) is 0 Å². The van der Waals surface area contributed by atoms with E-state index in [1.807, 2.05) is 0 Å². The molecule has 0 aliphatic rings. The molecule has 178 valence electrons. The number of esters is 2. The van der Waals surface area contributed by atoms with Crippen molar-refractivity contribution >= 4 is 23.9 Å². The van der Waals surface area contributed by atoms with Crippen molar-refractivity contribution in [2.75, 3.05) is 7.11 Å². The molecule has 0 aliphatic carbocycles. The van der Waals surface area contributed by atoms with E-state index in [2.05, 4.69) is 10.6 Å². The van der Waals surface area contributed by atoms with Crippen LogP contribution in [0.1, 0.15) is 60.5 Å². The lowest BCUT2D eigenvalue weighted by Crippen LogP contribution is -2.57. The monoisotopic (exact) mass is 450 g/mol. The number of carbonyl (C=O) groups is 4. The van der Waals surface area contributed by atoms with Crippen LogP contribution in [0, 0.1) is 0 Å². The number of benzene rings is 1. The second kappa shape index (κ2) is 10.5. The van der Waals surface area contributed by atoms with Gasteiger partial charge in [-0.3, -0.25) is 9.59 Å². The van der Waals surface area contributed by atoms with E-state index >= 15 is 0 Å². The molecule has 9 nitrogen and oxygen atoms in total. The molecule has 1 rings (SSSR count). The Morgan fingerprint density at radius 1 is 0.875 bits per heavy atom. The summed E-state index contributed by atoms with van der Waals surface area (Å²) in [6, 6.07) is 7.13. The second-order valence-corrected chi connectivity index (χ2v) is 9.46. The number of carbonyl (C=O) groups excluding carboxylic acids is 4. The first kappa shape index (κ1) is 26.9. The highest BCUT2D eigenvalue weighted by Gasteiger charge is 2.40. The Morgan fingerprint density at radius 2 is 1.41 bits per heavy atom. The molecule has 2 N–H and O–H groups in total. The second-order valence-electron chi connectivity index (χ2n) is 9.46. The van der Waals surface area contributed by atoms with Gasteiger partial charge in [0.25, 0.3) is 0 Å². The summed E-state index contributed by atoms with van der Waals surface area (Å²) < 4.78 is 15.4. The van der Waals surface area contributed by atoms with Crippen molar-refractivity contribution < 1.29 is 33.4 Å². The zero-order chi connectivity index (χ0) is 24.7. The molecule has 0 fully saturated rings. The number of ether oxygens (including phenoxy) is 3. The largest absolute Gasteiger partial charge is 0.467 e. The van der Waals surface area contributed by atoms with Crippen LogP contribution in [0.15, 0.2) is 30.3 Å². The van der Waals surface area contributed by atoms with Gasteiger partial charge < -0.3 is 24.8 Å². The molecule has 2 amide bonds. The molecule has 0 aromatic heterocycles. The van der Waals surface area contributed by atoms with Gasteiger partial charge in [0.2, 0.25) is 5.91 Å². The molecular weight excluding hydrogens is 416 g/mol. The summed E-state index contributed by atoms with van der Waals surface area (Å²) in [5, 5.41) is 5.00. The minimum Gasteiger partial charge on any atom is -0.467 e. The maximum atomic E-state index is 13.2. The predicted octanol–water partition coefficient (Wildman–Crippen LogP) is 2.82. The SMILES string of the molecule is COC(=O)[C@](C)(NC(=O)[C@H](CC(=O)OC(C)(C)C)NC(=O)OC(C)(C)C)c1ccccc1. The average molecular weight is 451 g/mol. The third-order valence-electron chi connectivity index (χ3n) is 4.12. The molecule has 0 bridgehead atoms. The first-order valence-corrected chi connectivity index (χ1v) is 10.2. The number of amides is 2. The number of rotatable bonds is 7. The summed E-state index contributed by atoms with van der Waals surface area (Å²) in [6.45, 7) is 11.5. The topological polar surface area (TPSA) is 120 Å². The lowest BCUT2D eigenvalue weighted by Gasteiger charge is -2.31. The van der Waals surface area contributed by atoms with Crippen LogP contribution in [0.25, 0.3) is 0 Å². The number of nitrogens with one attached hydrogen (secondary N) is 2. The van der Waals surface area contributed by atoms with Gasteiger partial charge in [0.05, 0.1) is 13.5 Å². The molecule has 2 atom stereocenters. The first-order valence-electron chi connectivity index (χ1n) is 10.2. The van der Waals surface area contributed by atoms with Crippen LogP contribution < -0.4 is 10.6 Å². The lowest BCUT2D eigenvalue weighted by molar-refractivity contribution is -0.156. The van der Waals surface area contributed by atoms with Crippen LogP contribution in [0.3, 0.4) is 0 Å². The van der Waals surface area contributed by atoms with E-state index in [4.69, 9.17) is 14.2 Å². The molecule has 32 heavy (non-hydrogen) atoms. The zero-order valence-corrected chi connectivity index (χ0v) is 20.0. The molecule has 0 heterocycles. The first-order chi connectivity index (χ1) is 14.6. The number of hydrogen-bond acceptors (Lipinski definition) is 7. The Hall–Kier alpha value is -3.10. The molecule has 9 heteroatoms. The molecule has 0 unspecified atom stereocenters. The minimum absolute atomic E-state index is 0.464. The average Bonchev–Trinajstić information content (AvgIpc) is 2.64. The van der Waals surface area contributed by atoms with E-state index in [9.17, 15) is 19.2 Å². The van der Waals surface area contributed by atoms with Crippen LogP contribution in [0.2, 0.25) is 0 Å². The minimum atomic E-state index is -1.56. The van der Waals surface area contributed by atoms with Crippen molar-refractivity contribution in [1.29, 1.82) is 0 Å². The lowest BCUT2D eigenvalue weighted by atomic mass is 9.91. The normalized spacial score (nSPS) is 14.4. The summed E-state index contributed by atoms with van der Waals surface area (Å²) in [5.41, 5.74) is -2.70. The van der Waals surface area contributed by atoms with Crippen LogP contribution in [0.4, 0.5) is 4.79 Å². The molecular formula is C23H34N2O7. The van der Waals surface area contributed by atoms with Crippen LogP contribution in [0.5, 0.6) is 0 Å². The Morgan fingerprint density at radius 3 is 1.88 bits per heavy atom. The summed E-state index contributed by atoms with van der Waals surface area (Å²) in [5.74, 6) is -2.20. The Bertz CT molecular complexity index is 795. The Kier molecular flexibility index (Phi) is 8.82. The van der Waals surface area contributed by atoms with Crippen molar-refractivity contribution in [2.45, 2.75) is 77.7 Å². The Balaban J connectivity index is 3.19. The van der Waals surface area contributed by atoms with E-state index in [1.165, 1.54) is 14.0 Å². The van der Waals surface area contributed by atoms with Gasteiger partial charge in [0, 0.05) is 0 Å². The third kappa shape index (κ3) is 8.56. The van der Waals surface area contributed by atoms with Crippen molar-refractivity contribution in [1.82, 2.24) is 10.6 Å². The maximum Gasteiger partial charge on any atom is 0.408 e. The van der Waals surface area contributed by atoms with Gasteiger partial charge in [-0.1, -0.05) is 30.3 Å². The van der Waals surface area contributed by atoms with Gasteiger partial charge in [-0.25, -0.2) is 9.59 Å². The summed E-state index contributed by atoms with van der Waals surface area (Å²) in [7, 11) is 1.20. The van der Waals surface area contributed by atoms with Gasteiger partial charge in [-0.15, -0.1) is 0 Å². The van der Waals surface area contributed by atoms with E-state index < -0.39 is 53.1 Å². The quantitative estimate of drug-likeness (QED) is 0.484. The fourth-order valence-corrected chi connectivity index (χ4v) is 2.76.